The molecule has 1 amide bonds. The maximum Gasteiger partial charge on any atom is 0.435 e. The second kappa shape index (κ2) is 6.49. The quantitative estimate of drug-likeness (QED) is 0.727. The van der Waals surface area contributed by atoms with Crippen molar-refractivity contribution in [3.05, 3.63) is 64.8 Å². The van der Waals surface area contributed by atoms with Crippen LogP contribution < -0.4 is 5.73 Å². The Labute approximate surface area is 152 Å². The van der Waals surface area contributed by atoms with Gasteiger partial charge in [0.1, 0.15) is 0 Å². The summed E-state index contributed by atoms with van der Waals surface area (Å²) >= 11 is 5.90. The number of hydrogen-bond donors (Lipinski definition) is 1. The van der Waals surface area contributed by atoms with Gasteiger partial charge in [-0.15, -0.1) is 0 Å². The monoisotopic (exact) mass is 379 g/mol. The van der Waals surface area contributed by atoms with Crippen LogP contribution in [0, 0.1) is 0 Å². The third kappa shape index (κ3) is 3.17. The summed E-state index contributed by atoms with van der Waals surface area (Å²) in [5, 5.41) is 4.03. The van der Waals surface area contributed by atoms with Crippen molar-refractivity contribution in [2.75, 3.05) is 0 Å². The molecule has 0 unspecified atom stereocenters. The van der Waals surface area contributed by atoms with Gasteiger partial charge in [0.2, 0.25) is 0 Å². The first-order valence-corrected chi connectivity index (χ1v) is 7.87. The smallest absolute Gasteiger partial charge is 0.365 e. The summed E-state index contributed by atoms with van der Waals surface area (Å²) in [5.41, 5.74) is 5.09. The van der Waals surface area contributed by atoms with Gasteiger partial charge in [-0.05, 0) is 23.3 Å². The minimum atomic E-state index is -4.80. The molecule has 0 saturated heterocycles. The number of benzene rings is 2. The van der Waals surface area contributed by atoms with E-state index in [-0.39, 0.29) is 5.69 Å². The highest BCUT2D eigenvalue weighted by molar-refractivity contribution is 6.30. The number of primary amides is 1. The third-order valence-electron chi connectivity index (χ3n) is 3.90. The van der Waals surface area contributed by atoms with E-state index in [0.29, 0.717) is 16.1 Å². The Kier molecular flexibility index (Phi) is 4.50. The number of alkyl halides is 3. The molecule has 0 aliphatic carbocycles. The topological polar surface area (TPSA) is 60.9 Å². The molecule has 0 saturated carbocycles. The summed E-state index contributed by atoms with van der Waals surface area (Å²) in [4.78, 5) is 11.8. The molecule has 8 heteroatoms. The summed E-state index contributed by atoms with van der Waals surface area (Å²) < 4.78 is 40.9. The Morgan fingerprint density at radius 2 is 1.65 bits per heavy atom. The standard InChI is InChI=1S/C18H13ClF3N3O/c1-25-15(14(17(23)26)16(24-25)18(20,21)22)13-5-3-2-4-12(13)10-6-8-11(19)9-7-10/h2-9H,1H3,(H2,23,26). The van der Waals surface area contributed by atoms with Crippen LogP contribution in [0.4, 0.5) is 13.2 Å². The molecule has 0 bridgehead atoms. The number of rotatable bonds is 3. The predicted octanol–water partition coefficient (Wildman–Crippen LogP) is 4.53. The van der Waals surface area contributed by atoms with Gasteiger partial charge < -0.3 is 5.73 Å². The van der Waals surface area contributed by atoms with E-state index in [4.69, 9.17) is 17.3 Å². The first kappa shape index (κ1) is 18.0. The van der Waals surface area contributed by atoms with Crippen molar-refractivity contribution in [1.82, 2.24) is 9.78 Å². The lowest BCUT2D eigenvalue weighted by atomic mass is 9.95. The van der Waals surface area contributed by atoms with Gasteiger partial charge in [0.25, 0.3) is 5.91 Å². The molecule has 0 radical (unpaired) electrons. The van der Waals surface area contributed by atoms with Crippen LogP contribution in [0.3, 0.4) is 0 Å². The molecule has 0 atom stereocenters. The van der Waals surface area contributed by atoms with Crippen molar-refractivity contribution in [1.29, 1.82) is 0 Å². The molecular formula is C18H13ClF3N3O. The van der Waals surface area contributed by atoms with Gasteiger partial charge in [0.15, 0.2) is 5.69 Å². The molecule has 4 nitrogen and oxygen atoms in total. The summed E-state index contributed by atoms with van der Waals surface area (Å²) in [5.74, 6) is -1.19. The molecule has 1 aromatic heterocycles. The van der Waals surface area contributed by atoms with Crippen LogP contribution in [0.1, 0.15) is 16.1 Å². The summed E-state index contributed by atoms with van der Waals surface area (Å²) in [7, 11) is 1.34. The number of nitrogens with two attached hydrogens (primary N) is 1. The van der Waals surface area contributed by atoms with E-state index < -0.39 is 23.3 Å². The largest absolute Gasteiger partial charge is 0.435 e. The van der Waals surface area contributed by atoms with Crippen LogP contribution in [-0.2, 0) is 13.2 Å². The maximum atomic E-state index is 13.3. The fourth-order valence-corrected chi connectivity index (χ4v) is 2.96. The number of hydrogen-bond acceptors (Lipinski definition) is 2. The van der Waals surface area contributed by atoms with Crippen molar-refractivity contribution in [2.45, 2.75) is 6.18 Å². The van der Waals surface area contributed by atoms with E-state index in [1.807, 2.05) is 0 Å². The fraction of sp³-hybridized carbons (Fsp3) is 0.111. The van der Waals surface area contributed by atoms with Crippen LogP contribution in [0.5, 0.6) is 0 Å². The Morgan fingerprint density at radius 1 is 1.08 bits per heavy atom. The van der Waals surface area contributed by atoms with Crippen LogP contribution in [-0.4, -0.2) is 15.7 Å². The highest BCUT2D eigenvalue weighted by atomic mass is 35.5. The molecule has 0 aliphatic rings. The highest BCUT2D eigenvalue weighted by Crippen LogP contribution is 2.39. The molecule has 1 heterocycles. The number of aromatic nitrogens is 2. The van der Waals surface area contributed by atoms with E-state index in [9.17, 15) is 18.0 Å². The molecule has 26 heavy (non-hydrogen) atoms. The van der Waals surface area contributed by atoms with E-state index >= 15 is 0 Å². The second-order valence-corrected chi connectivity index (χ2v) is 6.05. The number of amides is 1. The first-order chi connectivity index (χ1) is 12.2. The Hall–Kier alpha value is -2.80. The zero-order chi connectivity index (χ0) is 19.1. The Morgan fingerprint density at radius 3 is 2.19 bits per heavy atom. The second-order valence-electron chi connectivity index (χ2n) is 5.61. The first-order valence-electron chi connectivity index (χ1n) is 7.49. The third-order valence-corrected chi connectivity index (χ3v) is 4.15. The maximum absolute atomic E-state index is 13.3. The molecule has 0 fully saturated rings. The predicted molar refractivity (Wildman–Crippen MR) is 92.6 cm³/mol. The number of halogens is 4. The SMILES string of the molecule is Cn1nc(C(F)(F)F)c(C(N)=O)c1-c1ccccc1-c1ccc(Cl)cc1. The lowest BCUT2D eigenvalue weighted by molar-refractivity contribution is -0.141. The molecular weight excluding hydrogens is 367 g/mol. The minimum Gasteiger partial charge on any atom is -0.365 e. The van der Waals surface area contributed by atoms with Crippen LogP contribution in [0.15, 0.2) is 48.5 Å². The lowest BCUT2D eigenvalue weighted by Crippen LogP contribution is -2.18. The molecule has 0 spiro atoms. The average Bonchev–Trinajstić information content (AvgIpc) is 2.93. The van der Waals surface area contributed by atoms with Crippen molar-refractivity contribution in [2.24, 2.45) is 12.8 Å². The van der Waals surface area contributed by atoms with Gasteiger partial charge in [0, 0.05) is 17.6 Å². The number of aryl methyl sites for hydroxylation is 1. The van der Waals surface area contributed by atoms with Crippen molar-refractivity contribution in [3.8, 4) is 22.4 Å². The zero-order valence-corrected chi connectivity index (χ0v) is 14.3. The normalized spacial score (nSPS) is 11.6. The lowest BCUT2D eigenvalue weighted by Gasteiger charge is -2.12. The van der Waals surface area contributed by atoms with Crippen molar-refractivity contribution < 1.29 is 18.0 Å². The van der Waals surface area contributed by atoms with E-state index in [2.05, 4.69) is 5.10 Å². The molecule has 2 aromatic carbocycles. The number of carbonyl (C=O) groups is 1. The van der Waals surface area contributed by atoms with Gasteiger partial charge >= 0.3 is 6.18 Å². The van der Waals surface area contributed by atoms with Gasteiger partial charge in [-0.3, -0.25) is 9.48 Å². The van der Waals surface area contributed by atoms with Crippen LogP contribution >= 0.6 is 11.6 Å². The van der Waals surface area contributed by atoms with Gasteiger partial charge in [-0.1, -0.05) is 48.0 Å². The van der Waals surface area contributed by atoms with Crippen molar-refractivity contribution >= 4 is 17.5 Å². The molecule has 3 aromatic rings. The summed E-state index contributed by atoms with van der Waals surface area (Å²) in [6.45, 7) is 0. The highest BCUT2D eigenvalue weighted by Gasteiger charge is 2.41. The zero-order valence-electron chi connectivity index (χ0n) is 13.5. The van der Waals surface area contributed by atoms with E-state index in [1.165, 1.54) is 7.05 Å². The van der Waals surface area contributed by atoms with Crippen LogP contribution in [0.2, 0.25) is 5.02 Å². The number of nitrogens with zero attached hydrogens (tertiary/aromatic N) is 2. The van der Waals surface area contributed by atoms with Gasteiger partial charge in [-0.25, -0.2) is 0 Å². The molecule has 134 valence electrons. The van der Waals surface area contributed by atoms with Gasteiger partial charge in [0.05, 0.1) is 11.3 Å². The van der Waals surface area contributed by atoms with E-state index in [1.54, 1.807) is 48.5 Å². The molecule has 0 aliphatic heterocycles. The minimum absolute atomic E-state index is 0.00961. The van der Waals surface area contributed by atoms with Gasteiger partial charge in [-0.2, -0.15) is 18.3 Å². The van der Waals surface area contributed by atoms with E-state index in [0.717, 1.165) is 10.2 Å². The van der Waals surface area contributed by atoms with Crippen molar-refractivity contribution in [3.63, 3.8) is 0 Å². The Balaban J connectivity index is 2.31. The molecule has 3 rings (SSSR count). The Bertz CT molecular complexity index is 978. The summed E-state index contributed by atoms with van der Waals surface area (Å²) in [6.07, 6.45) is -4.80. The summed E-state index contributed by atoms with van der Waals surface area (Å²) in [6, 6.07) is 13.6. The average molecular weight is 380 g/mol. The fourth-order valence-electron chi connectivity index (χ4n) is 2.84. The number of carbonyl (C=O) groups excluding carboxylic acids is 1. The van der Waals surface area contributed by atoms with Crippen LogP contribution in [0.25, 0.3) is 22.4 Å². The molecule has 2 N–H and O–H groups in total.